The zero-order chi connectivity index (χ0) is 24.2. The van der Waals surface area contributed by atoms with Crippen molar-refractivity contribution in [3.8, 4) is 11.1 Å². The molecule has 0 saturated heterocycles. The van der Waals surface area contributed by atoms with Crippen LogP contribution in [0.1, 0.15) is 42.4 Å². The van der Waals surface area contributed by atoms with E-state index in [1.807, 2.05) is 6.07 Å². The maximum atomic E-state index is 13.4. The molecule has 1 fully saturated rings. The molecule has 5 rings (SSSR count). The van der Waals surface area contributed by atoms with Crippen LogP contribution in [0.2, 0.25) is 0 Å². The summed E-state index contributed by atoms with van der Waals surface area (Å²) in [6.07, 6.45) is 4.54. The Morgan fingerprint density at radius 3 is 2.37 bits per heavy atom. The zero-order valence-electron chi connectivity index (χ0n) is 20.5. The molecule has 3 aromatic carbocycles. The molecule has 0 aromatic heterocycles. The standard InChI is InChI=1S/C30H36N4O/c1-21-12-17-27-26(29(21)24-10-6-3-7-11-24)20-34(33-27)28(18-22-8-4-2-5-9-22)32-30(35)25-15-13-23(19-31)14-16-25/h2-12,17,23,25,28,33H,13-16,18-20,31H2,1H3,(H,32,35). The van der Waals surface area contributed by atoms with Crippen molar-refractivity contribution in [2.24, 2.45) is 17.6 Å². The molecular formula is C30H36N4O. The van der Waals surface area contributed by atoms with Gasteiger partial charge in [0.1, 0.15) is 6.17 Å². The number of amides is 1. The summed E-state index contributed by atoms with van der Waals surface area (Å²) in [4.78, 5) is 13.4. The van der Waals surface area contributed by atoms with Gasteiger partial charge in [-0.1, -0.05) is 66.7 Å². The van der Waals surface area contributed by atoms with E-state index in [1.165, 1.54) is 27.8 Å². The summed E-state index contributed by atoms with van der Waals surface area (Å²) in [6, 6.07) is 25.3. The molecule has 35 heavy (non-hydrogen) atoms. The molecule has 1 heterocycles. The third kappa shape index (κ3) is 5.26. The Morgan fingerprint density at radius 2 is 1.69 bits per heavy atom. The van der Waals surface area contributed by atoms with Gasteiger partial charge in [-0.15, -0.1) is 0 Å². The van der Waals surface area contributed by atoms with Crippen molar-refractivity contribution in [2.75, 3.05) is 12.0 Å². The lowest BCUT2D eigenvalue weighted by Gasteiger charge is -2.32. The minimum absolute atomic E-state index is 0.0724. The number of carbonyl (C=O) groups is 1. The molecule has 182 valence electrons. The summed E-state index contributed by atoms with van der Waals surface area (Å²) in [5.41, 5.74) is 16.9. The fourth-order valence-corrected chi connectivity index (χ4v) is 5.61. The van der Waals surface area contributed by atoms with E-state index in [0.29, 0.717) is 5.92 Å². The normalized spacial score (nSPS) is 20.6. The van der Waals surface area contributed by atoms with Crippen molar-refractivity contribution in [3.05, 3.63) is 89.5 Å². The van der Waals surface area contributed by atoms with Crippen LogP contribution in [0.4, 0.5) is 5.69 Å². The number of hydrazine groups is 1. The molecule has 5 nitrogen and oxygen atoms in total. The first kappa shape index (κ1) is 23.6. The van der Waals surface area contributed by atoms with Crippen molar-refractivity contribution in [3.63, 3.8) is 0 Å². The molecule has 4 N–H and O–H groups in total. The molecule has 0 bridgehead atoms. The lowest BCUT2D eigenvalue weighted by Crippen LogP contribution is -2.51. The number of rotatable bonds is 7. The highest BCUT2D eigenvalue weighted by Crippen LogP contribution is 2.38. The number of carbonyl (C=O) groups excluding carboxylic acids is 1. The summed E-state index contributed by atoms with van der Waals surface area (Å²) in [7, 11) is 0. The van der Waals surface area contributed by atoms with Gasteiger partial charge in [0, 0.05) is 24.4 Å². The highest BCUT2D eigenvalue weighted by Gasteiger charge is 2.32. The number of nitrogens with one attached hydrogen (secondary N) is 2. The maximum absolute atomic E-state index is 13.4. The number of benzene rings is 3. The number of fused-ring (bicyclic) bond motifs is 1. The van der Waals surface area contributed by atoms with Gasteiger partial charge in [0.05, 0.1) is 5.69 Å². The third-order valence-electron chi connectivity index (χ3n) is 7.68. The van der Waals surface area contributed by atoms with Crippen molar-refractivity contribution in [1.29, 1.82) is 0 Å². The Kier molecular flexibility index (Phi) is 7.16. The summed E-state index contributed by atoms with van der Waals surface area (Å²) in [5, 5.41) is 5.61. The number of aryl methyl sites for hydroxylation is 1. The number of nitrogens with zero attached hydrogens (tertiary/aromatic N) is 1. The van der Waals surface area contributed by atoms with E-state index in [1.54, 1.807) is 0 Å². The summed E-state index contributed by atoms with van der Waals surface area (Å²) >= 11 is 0. The molecule has 1 atom stereocenters. The second-order valence-electron chi connectivity index (χ2n) is 10.1. The summed E-state index contributed by atoms with van der Waals surface area (Å²) in [5.74, 6) is 0.801. The van der Waals surface area contributed by atoms with Gasteiger partial charge in [0.25, 0.3) is 0 Å². The van der Waals surface area contributed by atoms with Gasteiger partial charge >= 0.3 is 0 Å². The SMILES string of the molecule is Cc1ccc2c(c1-c1ccccc1)CN(C(Cc1ccccc1)NC(=O)C1CCC(CN)CC1)N2. The molecule has 1 unspecified atom stereocenters. The predicted molar refractivity (Wildman–Crippen MR) is 142 cm³/mol. The zero-order valence-corrected chi connectivity index (χ0v) is 20.5. The van der Waals surface area contributed by atoms with Crippen LogP contribution >= 0.6 is 0 Å². The number of hydrogen-bond donors (Lipinski definition) is 3. The molecule has 1 amide bonds. The highest BCUT2D eigenvalue weighted by molar-refractivity contribution is 5.80. The summed E-state index contributed by atoms with van der Waals surface area (Å²) < 4.78 is 0. The Bertz CT molecular complexity index is 1140. The fourth-order valence-electron chi connectivity index (χ4n) is 5.61. The van der Waals surface area contributed by atoms with Crippen LogP contribution in [-0.2, 0) is 17.8 Å². The lowest BCUT2D eigenvalue weighted by molar-refractivity contribution is -0.128. The van der Waals surface area contributed by atoms with Gasteiger partial charge in [-0.2, -0.15) is 5.01 Å². The van der Waals surface area contributed by atoms with Crippen LogP contribution in [-0.4, -0.2) is 23.6 Å². The average molecular weight is 469 g/mol. The van der Waals surface area contributed by atoms with Gasteiger partial charge in [-0.3, -0.25) is 4.79 Å². The molecular weight excluding hydrogens is 432 g/mol. The van der Waals surface area contributed by atoms with Gasteiger partial charge in [-0.05, 0) is 73.4 Å². The topological polar surface area (TPSA) is 70.4 Å². The van der Waals surface area contributed by atoms with Crippen molar-refractivity contribution >= 4 is 11.6 Å². The molecule has 1 aliphatic heterocycles. The van der Waals surface area contributed by atoms with E-state index in [0.717, 1.165) is 50.9 Å². The fraction of sp³-hybridized carbons (Fsp3) is 0.367. The Balaban J connectivity index is 1.38. The molecule has 2 aliphatic rings. The van der Waals surface area contributed by atoms with Crippen molar-refractivity contribution in [1.82, 2.24) is 10.3 Å². The van der Waals surface area contributed by atoms with Crippen LogP contribution < -0.4 is 16.5 Å². The van der Waals surface area contributed by atoms with E-state index >= 15 is 0 Å². The first-order valence-corrected chi connectivity index (χ1v) is 12.9. The van der Waals surface area contributed by atoms with Gasteiger partial charge in [0.15, 0.2) is 0 Å². The first-order valence-electron chi connectivity index (χ1n) is 12.9. The monoisotopic (exact) mass is 468 g/mol. The number of hydrogen-bond acceptors (Lipinski definition) is 4. The predicted octanol–water partition coefficient (Wildman–Crippen LogP) is 5.25. The van der Waals surface area contributed by atoms with E-state index in [9.17, 15) is 4.79 Å². The van der Waals surface area contributed by atoms with Gasteiger partial charge < -0.3 is 16.5 Å². The second-order valence-corrected chi connectivity index (χ2v) is 10.1. The lowest BCUT2D eigenvalue weighted by atomic mass is 9.81. The largest absolute Gasteiger partial charge is 0.338 e. The third-order valence-corrected chi connectivity index (χ3v) is 7.68. The Morgan fingerprint density at radius 1 is 1.00 bits per heavy atom. The van der Waals surface area contributed by atoms with E-state index < -0.39 is 0 Å². The molecule has 1 aliphatic carbocycles. The average Bonchev–Trinajstić information content (AvgIpc) is 3.33. The highest BCUT2D eigenvalue weighted by atomic mass is 16.2. The molecule has 0 radical (unpaired) electrons. The first-order chi connectivity index (χ1) is 17.1. The quantitative estimate of drug-likeness (QED) is 0.443. The molecule has 1 saturated carbocycles. The van der Waals surface area contributed by atoms with Crippen molar-refractivity contribution < 1.29 is 4.79 Å². The Labute approximate surface area is 208 Å². The maximum Gasteiger partial charge on any atom is 0.224 e. The number of nitrogens with two attached hydrogens (primary N) is 1. The van der Waals surface area contributed by atoms with E-state index in [4.69, 9.17) is 5.73 Å². The molecule has 5 heteroatoms. The second kappa shape index (κ2) is 10.6. The van der Waals surface area contributed by atoms with Crippen molar-refractivity contribution in [2.45, 2.75) is 51.7 Å². The van der Waals surface area contributed by atoms with Crippen LogP contribution in [0.25, 0.3) is 11.1 Å². The minimum Gasteiger partial charge on any atom is -0.338 e. The van der Waals surface area contributed by atoms with E-state index in [-0.39, 0.29) is 18.0 Å². The van der Waals surface area contributed by atoms with Crippen LogP contribution in [0, 0.1) is 18.8 Å². The van der Waals surface area contributed by atoms with Crippen LogP contribution in [0.5, 0.6) is 0 Å². The number of anilines is 1. The van der Waals surface area contributed by atoms with Gasteiger partial charge in [0.2, 0.25) is 5.91 Å². The Hall–Kier alpha value is -3.15. The van der Waals surface area contributed by atoms with E-state index in [2.05, 4.69) is 89.4 Å². The molecule has 0 spiro atoms. The molecule has 3 aromatic rings. The van der Waals surface area contributed by atoms with Crippen LogP contribution in [0.15, 0.2) is 72.8 Å². The summed E-state index contributed by atoms with van der Waals surface area (Å²) in [6.45, 7) is 3.63. The van der Waals surface area contributed by atoms with Gasteiger partial charge in [-0.25, -0.2) is 0 Å². The minimum atomic E-state index is -0.145. The van der Waals surface area contributed by atoms with Crippen LogP contribution in [0.3, 0.4) is 0 Å². The smallest absolute Gasteiger partial charge is 0.224 e.